The number of hydrogen-bond donors (Lipinski definition) is 1. The number of unbranched alkanes of at least 4 members (excludes halogenated alkanes) is 2. The molecular formula is C15H32N2. The molecule has 0 aliphatic carbocycles. The Balaban J connectivity index is 2.37. The molecule has 2 unspecified atom stereocenters. The van der Waals surface area contributed by atoms with Gasteiger partial charge in [0.25, 0.3) is 0 Å². The summed E-state index contributed by atoms with van der Waals surface area (Å²) >= 11 is 0. The van der Waals surface area contributed by atoms with Gasteiger partial charge in [0, 0.05) is 19.1 Å². The van der Waals surface area contributed by atoms with Crippen molar-refractivity contribution in [3.8, 4) is 0 Å². The van der Waals surface area contributed by atoms with Gasteiger partial charge < -0.3 is 10.2 Å². The van der Waals surface area contributed by atoms with Crippen LogP contribution in [0.15, 0.2) is 0 Å². The zero-order chi connectivity index (χ0) is 12.5. The van der Waals surface area contributed by atoms with Crippen molar-refractivity contribution >= 4 is 0 Å². The molecule has 102 valence electrons. The largest absolute Gasteiger partial charge is 0.313 e. The molecule has 1 rings (SSSR count). The summed E-state index contributed by atoms with van der Waals surface area (Å²) in [6, 6.07) is 0.743. The third-order valence-electron chi connectivity index (χ3n) is 3.90. The van der Waals surface area contributed by atoms with Gasteiger partial charge in [0.15, 0.2) is 0 Å². The molecule has 0 spiro atoms. The second-order valence-electron chi connectivity index (χ2n) is 5.61. The average Bonchev–Trinajstić information content (AvgIpc) is 2.34. The quantitative estimate of drug-likeness (QED) is 0.700. The Labute approximate surface area is 108 Å². The van der Waals surface area contributed by atoms with Crippen molar-refractivity contribution in [2.24, 2.45) is 5.92 Å². The van der Waals surface area contributed by atoms with Gasteiger partial charge in [-0.3, -0.25) is 0 Å². The van der Waals surface area contributed by atoms with Crippen molar-refractivity contribution in [3.63, 3.8) is 0 Å². The molecule has 0 aromatic rings. The van der Waals surface area contributed by atoms with Crippen molar-refractivity contribution in [1.82, 2.24) is 10.2 Å². The summed E-state index contributed by atoms with van der Waals surface area (Å²) in [6.45, 7) is 11.9. The first-order chi connectivity index (χ1) is 8.30. The highest BCUT2D eigenvalue weighted by atomic mass is 15.2. The van der Waals surface area contributed by atoms with Crippen LogP contribution in [-0.4, -0.2) is 37.1 Å². The molecule has 0 amide bonds. The molecule has 2 atom stereocenters. The SMILES string of the molecule is CCCCC1CC(NCC)CN(CCCC)C1. The smallest absolute Gasteiger partial charge is 0.0198 e. The molecule has 1 fully saturated rings. The lowest BCUT2D eigenvalue weighted by Crippen LogP contribution is -2.49. The van der Waals surface area contributed by atoms with Crippen molar-refractivity contribution in [1.29, 1.82) is 0 Å². The standard InChI is InChI=1S/C15H32N2/c1-4-7-9-14-11-15(16-6-3)13-17(12-14)10-8-5-2/h14-16H,4-13H2,1-3H3. The fourth-order valence-electron chi connectivity index (χ4n) is 3.01. The number of nitrogens with one attached hydrogen (secondary N) is 1. The predicted octanol–water partition coefficient (Wildman–Crippen LogP) is 3.28. The molecule has 0 aromatic heterocycles. The summed E-state index contributed by atoms with van der Waals surface area (Å²) < 4.78 is 0. The van der Waals surface area contributed by atoms with Crippen LogP contribution in [0.2, 0.25) is 0 Å². The number of hydrogen-bond acceptors (Lipinski definition) is 2. The molecule has 0 radical (unpaired) electrons. The Morgan fingerprint density at radius 2 is 1.82 bits per heavy atom. The number of likely N-dealkylation sites (tertiary alicyclic amines) is 1. The summed E-state index contributed by atoms with van der Waals surface area (Å²) in [6.07, 6.45) is 8.27. The normalized spacial score (nSPS) is 26.3. The van der Waals surface area contributed by atoms with Gasteiger partial charge in [-0.2, -0.15) is 0 Å². The number of nitrogens with zero attached hydrogens (tertiary/aromatic N) is 1. The number of piperidine rings is 1. The van der Waals surface area contributed by atoms with Crippen LogP contribution in [0.5, 0.6) is 0 Å². The van der Waals surface area contributed by atoms with Gasteiger partial charge in [0.1, 0.15) is 0 Å². The third-order valence-corrected chi connectivity index (χ3v) is 3.90. The van der Waals surface area contributed by atoms with Gasteiger partial charge in [0.05, 0.1) is 0 Å². The van der Waals surface area contributed by atoms with Crippen molar-refractivity contribution in [3.05, 3.63) is 0 Å². The lowest BCUT2D eigenvalue weighted by atomic mass is 9.89. The maximum atomic E-state index is 3.66. The van der Waals surface area contributed by atoms with E-state index < -0.39 is 0 Å². The first-order valence-electron chi connectivity index (χ1n) is 7.75. The molecule has 1 aliphatic heterocycles. The van der Waals surface area contributed by atoms with E-state index in [1.54, 1.807) is 0 Å². The molecule has 17 heavy (non-hydrogen) atoms. The van der Waals surface area contributed by atoms with Crippen LogP contribution < -0.4 is 5.32 Å². The van der Waals surface area contributed by atoms with E-state index in [0.717, 1.165) is 18.5 Å². The molecule has 1 heterocycles. The molecule has 1 N–H and O–H groups in total. The van der Waals surface area contributed by atoms with E-state index >= 15 is 0 Å². The number of likely N-dealkylation sites (N-methyl/N-ethyl adjacent to an activating group) is 1. The maximum Gasteiger partial charge on any atom is 0.0198 e. The summed E-state index contributed by atoms with van der Waals surface area (Å²) in [4.78, 5) is 2.70. The van der Waals surface area contributed by atoms with E-state index in [-0.39, 0.29) is 0 Å². The van der Waals surface area contributed by atoms with Crippen LogP contribution >= 0.6 is 0 Å². The van der Waals surface area contributed by atoms with Crippen LogP contribution in [0, 0.1) is 5.92 Å². The third kappa shape index (κ3) is 5.87. The monoisotopic (exact) mass is 240 g/mol. The van der Waals surface area contributed by atoms with Crippen LogP contribution in [-0.2, 0) is 0 Å². The minimum absolute atomic E-state index is 0.743. The van der Waals surface area contributed by atoms with E-state index in [0.29, 0.717) is 0 Å². The minimum atomic E-state index is 0.743. The van der Waals surface area contributed by atoms with Crippen molar-refractivity contribution in [2.45, 2.75) is 65.3 Å². The molecule has 0 bridgehead atoms. The molecule has 0 aromatic carbocycles. The fraction of sp³-hybridized carbons (Fsp3) is 1.00. The molecule has 0 saturated carbocycles. The Morgan fingerprint density at radius 1 is 1.06 bits per heavy atom. The maximum absolute atomic E-state index is 3.66. The second kappa shape index (κ2) is 8.93. The zero-order valence-corrected chi connectivity index (χ0v) is 12.2. The molecule has 1 saturated heterocycles. The van der Waals surface area contributed by atoms with Gasteiger partial charge in [-0.05, 0) is 38.3 Å². The topological polar surface area (TPSA) is 15.3 Å². The van der Waals surface area contributed by atoms with Crippen molar-refractivity contribution in [2.75, 3.05) is 26.2 Å². The van der Waals surface area contributed by atoms with E-state index in [9.17, 15) is 0 Å². The van der Waals surface area contributed by atoms with Gasteiger partial charge in [-0.25, -0.2) is 0 Å². The lowest BCUT2D eigenvalue weighted by Gasteiger charge is -2.38. The van der Waals surface area contributed by atoms with Gasteiger partial charge in [0.2, 0.25) is 0 Å². The summed E-state index contributed by atoms with van der Waals surface area (Å²) in [5.74, 6) is 0.935. The Kier molecular flexibility index (Phi) is 7.87. The van der Waals surface area contributed by atoms with Crippen LogP contribution in [0.1, 0.15) is 59.3 Å². The van der Waals surface area contributed by atoms with Crippen LogP contribution in [0.4, 0.5) is 0 Å². The highest BCUT2D eigenvalue weighted by Gasteiger charge is 2.25. The van der Waals surface area contributed by atoms with E-state index in [2.05, 4.69) is 31.0 Å². The molecule has 2 nitrogen and oxygen atoms in total. The lowest BCUT2D eigenvalue weighted by molar-refractivity contribution is 0.134. The number of rotatable bonds is 8. The minimum Gasteiger partial charge on any atom is -0.313 e. The predicted molar refractivity (Wildman–Crippen MR) is 76.4 cm³/mol. The zero-order valence-electron chi connectivity index (χ0n) is 12.2. The highest BCUT2D eigenvalue weighted by Crippen LogP contribution is 2.22. The highest BCUT2D eigenvalue weighted by molar-refractivity contribution is 4.83. The average molecular weight is 240 g/mol. The van der Waals surface area contributed by atoms with E-state index in [4.69, 9.17) is 0 Å². The second-order valence-corrected chi connectivity index (χ2v) is 5.61. The van der Waals surface area contributed by atoms with Gasteiger partial charge >= 0.3 is 0 Å². The Morgan fingerprint density at radius 3 is 2.47 bits per heavy atom. The molecule has 1 aliphatic rings. The van der Waals surface area contributed by atoms with Gasteiger partial charge in [-0.1, -0.05) is 40.0 Å². The molecular weight excluding hydrogens is 208 g/mol. The first kappa shape index (κ1) is 15.0. The van der Waals surface area contributed by atoms with E-state index in [1.165, 1.54) is 58.2 Å². The Hall–Kier alpha value is -0.0800. The fourth-order valence-corrected chi connectivity index (χ4v) is 3.01. The van der Waals surface area contributed by atoms with Crippen LogP contribution in [0.3, 0.4) is 0 Å². The van der Waals surface area contributed by atoms with Gasteiger partial charge in [-0.15, -0.1) is 0 Å². The van der Waals surface area contributed by atoms with Crippen LogP contribution in [0.25, 0.3) is 0 Å². The van der Waals surface area contributed by atoms with Crippen molar-refractivity contribution < 1.29 is 0 Å². The summed E-state index contributed by atoms with van der Waals surface area (Å²) in [5, 5.41) is 3.66. The summed E-state index contributed by atoms with van der Waals surface area (Å²) in [7, 11) is 0. The first-order valence-corrected chi connectivity index (χ1v) is 7.75. The molecule has 2 heteroatoms. The Bertz CT molecular complexity index is 166. The summed E-state index contributed by atoms with van der Waals surface area (Å²) in [5.41, 5.74) is 0. The van der Waals surface area contributed by atoms with E-state index in [1.807, 2.05) is 0 Å².